The largest absolute Gasteiger partial charge is 0.395 e. The first-order chi connectivity index (χ1) is 11.7. The Morgan fingerprint density at radius 3 is 2.84 bits per heavy atom. The van der Waals surface area contributed by atoms with Gasteiger partial charge in [-0.15, -0.1) is 0 Å². The molecule has 1 aromatic heterocycles. The van der Waals surface area contributed by atoms with E-state index in [1.165, 1.54) is 5.69 Å². The van der Waals surface area contributed by atoms with Crippen molar-refractivity contribution in [2.75, 3.05) is 6.61 Å². The summed E-state index contributed by atoms with van der Waals surface area (Å²) in [5, 5.41) is 23.2. The summed E-state index contributed by atoms with van der Waals surface area (Å²) in [5.74, 6) is 0.693. The van der Waals surface area contributed by atoms with Crippen molar-refractivity contribution >= 4 is 5.91 Å². The van der Waals surface area contributed by atoms with Crippen molar-refractivity contribution in [2.45, 2.75) is 83.9 Å². The van der Waals surface area contributed by atoms with Crippen LogP contribution in [0.15, 0.2) is 0 Å². The number of imidazole rings is 1. The molecule has 140 valence electrons. The molecule has 0 radical (unpaired) electrons. The van der Waals surface area contributed by atoms with Gasteiger partial charge >= 0.3 is 0 Å². The lowest BCUT2D eigenvalue weighted by Gasteiger charge is -2.41. The lowest BCUT2D eigenvalue weighted by molar-refractivity contribution is -0.148. The third-order valence-electron chi connectivity index (χ3n) is 5.81. The number of nitrogens with one attached hydrogen (secondary N) is 1. The monoisotopic (exact) mass is 349 g/mol. The number of aliphatic hydroxyl groups excluding tert-OH is 1. The molecule has 0 saturated heterocycles. The van der Waals surface area contributed by atoms with Gasteiger partial charge in [0.25, 0.3) is 5.91 Å². The highest BCUT2D eigenvalue weighted by Gasteiger charge is 2.44. The quantitative estimate of drug-likeness (QED) is 0.768. The van der Waals surface area contributed by atoms with Crippen LogP contribution in [-0.4, -0.2) is 43.9 Å². The average Bonchev–Trinajstić information content (AvgIpc) is 2.82. The third-order valence-corrected chi connectivity index (χ3v) is 5.81. The van der Waals surface area contributed by atoms with Crippen LogP contribution >= 0.6 is 0 Å². The third kappa shape index (κ3) is 3.75. The normalized spacial score (nSPS) is 28.4. The molecule has 6 heteroatoms. The topological polar surface area (TPSA) is 87.4 Å². The first-order valence-corrected chi connectivity index (χ1v) is 9.43. The number of carbonyl (C=O) groups is 1. The number of rotatable bonds is 4. The average molecular weight is 349 g/mol. The molecule has 0 spiro atoms. The van der Waals surface area contributed by atoms with E-state index in [0.29, 0.717) is 25.8 Å². The van der Waals surface area contributed by atoms with Crippen molar-refractivity contribution in [3.05, 3.63) is 17.2 Å². The van der Waals surface area contributed by atoms with Gasteiger partial charge in [-0.2, -0.15) is 0 Å². The summed E-state index contributed by atoms with van der Waals surface area (Å²) in [7, 11) is 0. The summed E-state index contributed by atoms with van der Waals surface area (Å²) < 4.78 is 2.07. The number of hydrogen-bond donors (Lipinski definition) is 3. The van der Waals surface area contributed by atoms with Gasteiger partial charge in [0.05, 0.1) is 12.3 Å². The van der Waals surface area contributed by atoms with Crippen molar-refractivity contribution < 1.29 is 15.0 Å². The zero-order chi connectivity index (χ0) is 18.2. The fourth-order valence-electron chi connectivity index (χ4n) is 4.62. The van der Waals surface area contributed by atoms with Gasteiger partial charge in [-0.3, -0.25) is 4.79 Å². The Morgan fingerprint density at radius 2 is 2.16 bits per heavy atom. The van der Waals surface area contributed by atoms with E-state index in [2.05, 4.69) is 28.7 Å². The minimum absolute atomic E-state index is 0.00422. The smallest absolute Gasteiger partial charge is 0.252 e. The minimum atomic E-state index is -1.24. The number of aromatic nitrogens is 2. The van der Waals surface area contributed by atoms with E-state index in [4.69, 9.17) is 0 Å². The Morgan fingerprint density at radius 1 is 1.40 bits per heavy atom. The van der Waals surface area contributed by atoms with Gasteiger partial charge in [0.1, 0.15) is 11.4 Å². The van der Waals surface area contributed by atoms with Crippen molar-refractivity contribution in [1.82, 2.24) is 14.9 Å². The highest BCUT2D eigenvalue weighted by atomic mass is 16.3. The maximum absolute atomic E-state index is 12.7. The highest BCUT2D eigenvalue weighted by molar-refractivity contribution is 5.85. The van der Waals surface area contributed by atoms with E-state index in [-0.39, 0.29) is 24.0 Å². The molecule has 3 N–H and O–H groups in total. The molecule has 0 aliphatic heterocycles. The molecule has 1 aromatic rings. The summed E-state index contributed by atoms with van der Waals surface area (Å²) in [5.41, 5.74) is 0.950. The van der Waals surface area contributed by atoms with Gasteiger partial charge in [0.15, 0.2) is 0 Å². The van der Waals surface area contributed by atoms with Gasteiger partial charge < -0.3 is 20.1 Å². The van der Waals surface area contributed by atoms with Crippen LogP contribution in [-0.2, 0) is 24.2 Å². The lowest BCUT2D eigenvalue weighted by atomic mass is 9.69. The molecule has 1 saturated carbocycles. The Kier molecular flexibility index (Phi) is 4.95. The molecule has 2 atom stereocenters. The van der Waals surface area contributed by atoms with E-state index in [0.717, 1.165) is 37.2 Å². The fourth-order valence-corrected chi connectivity index (χ4v) is 4.62. The SMILES string of the molecule is Cc1nc2c(n1CCO)CCC(NC(=O)C1(O)CCCC(C)(C)C1)C2. The number of nitrogens with zero attached hydrogens (tertiary/aromatic N) is 2. The van der Waals surface area contributed by atoms with Crippen molar-refractivity contribution in [1.29, 1.82) is 0 Å². The number of hydrogen-bond acceptors (Lipinski definition) is 4. The summed E-state index contributed by atoms with van der Waals surface area (Å²) >= 11 is 0. The second kappa shape index (κ2) is 6.72. The molecule has 0 bridgehead atoms. The number of aliphatic hydroxyl groups is 2. The second-order valence-electron chi connectivity index (χ2n) is 8.57. The first kappa shape index (κ1) is 18.4. The van der Waals surface area contributed by atoms with Gasteiger partial charge in [-0.05, 0) is 50.9 Å². The van der Waals surface area contributed by atoms with Crippen LogP contribution in [0.5, 0.6) is 0 Å². The maximum atomic E-state index is 12.7. The van der Waals surface area contributed by atoms with E-state index >= 15 is 0 Å². The summed E-state index contributed by atoms with van der Waals surface area (Å²) in [4.78, 5) is 17.4. The summed E-state index contributed by atoms with van der Waals surface area (Å²) in [6, 6.07) is 0.0194. The molecule has 25 heavy (non-hydrogen) atoms. The highest BCUT2D eigenvalue weighted by Crippen LogP contribution is 2.41. The van der Waals surface area contributed by atoms with Crippen LogP contribution in [0.2, 0.25) is 0 Å². The molecule has 1 fully saturated rings. The van der Waals surface area contributed by atoms with Crippen molar-refractivity contribution in [2.24, 2.45) is 5.41 Å². The van der Waals surface area contributed by atoms with E-state index in [1.54, 1.807) is 0 Å². The number of fused-ring (bicyclic) bond motifs is 1. The fraction of sp³-hybridized carbons (Fsp3) is 0.789. The molecule has 6 nitrogen and oxygen atoms in total. The van der Waals surface area contributed by atoms with Crippen LogP contribution in [0.3, 0.4) is 0 Å². The molecular weight excluding hydrogens is 318 g/mol. The van der Waals surface area contributed by atoms with Gasteiger partial charge in [0, 0.05) is 24.7 Å². The van der Waals surface area contributed by atoms with Crippen LogP contribution in [0.4, 0.5) is 0 Å². The molecule has 2 unspecified atom stereocenters. The molecule has 1 amide bonds. The molecule has 0 aromatic carbocycles. The predicted molar refractivity (Wildman–Crippen MR) is 95.2 cm³/mol. The van der Waals surface area contributed by atoms with Gasteiger partial charge in [-0.1, -0.05) is 13.8 Å². The Hall–Kier alpha value is -1.40. The zero-order valence-electron chi connectivity index (χ0n) is 15.6. The van der Waals surface area contributed by atoms with E-state index < -0.39 is 5.60 Å². The van der Waals surface area contributed by atoms with Crippen LogP contribution < -0.4 is 5.32 Å². The summed E-state index contributed by atoms with van der Waals surface area (Å²) in [6.07, 6.45) is 5.38. The zero-order valence-corrected chi connectivity index (χ0v) is 15.6. The minimum Gasteiger partial charge on any atom is -0.395 e. The predicted octanol–water partition coefficient (Wildman–Crippen LogP) is 1.49. The molecule has 3 rings (SSSR count). The Labute approximate surface area is 149 Å². The summed E-state index contributed by atoms with van der Waals surface area (Å²) in [6.45, 7) is 6.86. The molecule has 2 aliphatic carbocycles. The van der Waals surface area contributed by atoms with E-state index in [1.807, 2.05) is 6.92 Å². The second-order valence-corrected chi connectivity index (χ2v) is 8.57. The van der Waals surface area contributed by atoms with Crippen LogP contribution in [0.1, 0.15) is 63.2 Å². The Balaban J connectivity index is 1.67. The van der Waals surface area contributed by atoms with Crippen molar-refractivity contribution in [3.8, 4) is 0 Å². The molecule has 1 heterocycles. The first-order valence-electron chi connectivity index (χ1n) is 9.43. The standard InChI is InChI=1S/C19H31N3O3/c1-13-20-15-11-14(5-6-16(15)22(13)9-10-23)21-17(24)19(25)8-4-7-18(2,3)12-19/h14,23,25H,4-12H2,1-3H3,(H,21,24). The molecular formula is C19H31N3O3. The maximum Gasteiger partial charge on any atom is 0.252 e. The van der Waals surface area contributed by atoms with E-state index in [9.17, 15) is 15.0 Å². The Bertz CT molecular complexity index is 653. The lowest BCUT2D eigenvalue weighted by Crippen LogP contribution is -2.54. The van der Waals surface area contributed by atoms with Crippen LogP contribution in [0, 0.1) is 12.3 Å². The number of amides is 1. The van der Waals surface area contributed by atoms with Gasteiger partial charge in [-0.25, -0.2) is 4.98 Å². The van der Waals surface area contributed by atoms with Crippen LogP contribution in [0.25, 0.3) is 0 Å². The number of carbonyl (C=O) groups excluding carboxylic acids is 1. The molecule has 2 aliphatic rings. The van der Waals surface area contributed by atoms with Crippen molar-refractivity contribution in [3.63, 3.8) is 0 Å². The van der Waals surface area contributed by atoms with Gasteiger partial charge in [0.2, 0.25) is 0 Å². The number of aryl methyl sites for hydroxylation is 1.